The fraction of sp³-hybridized carbons (Fsp3) is 0.257. The summed E-state index contributed by atoms with van der Waals surface area (Å²) in [7, 11) is -0.836. The smallest absolute Gasteiger partial charge is 0.239 e. The van der Waals surface area contributed by atoms with Gasteiger partial charge in [-0.1, -0.05) is 35.9 Å². The fourth-order valence-electron chi connectivity index (χ4n) is 5.67. The van der Waals surface area contributed by atoms with Crippen LogP contribution in [0.1, 0.15) is 40.8 Å². The van der Waals surface area contributed by atoms with Gasteiger partial charge in [0.05, 0.1) is 37.0 Å². The number of benzene rings is 3. The second-order valence-corrected chi connectivity index (χ2v) is 16.3. The van der Waals surface area contributed by atoms with Crippen LogP contribution in [-0.4, -0.2) is 70.6 Å². The van der Waals surface area contributed by atoms with E-state index in [0.717, 1.165) is 38.5 Å². The summed E-state index contributed by atoms with van der Waals surface area (Å²) in [5.41, 5.74) is 4.94. The van der Waals surface area contributed by atoms with E-state index in [2.05, 4.69) is 25.8 Å². The molecule has 1 atom stereocenters. The van der Waals surface area contributed by atoms with Gasteiger partial charge in [0.25, 0.3) is 0 Å². The van der Waals surface area contributed by atoms with Crippen LogP contribution in [0.25, 0.3) is 16.6 Å². The number of methoxy groups -OCH3 is 1. The number of hydrogen-bond acceptors (Lipinski definition) is 8. The van der Waals surface area contributed by atoms with Crippen molar-refractivity contribution in [2.24, 2.45) is 4.99 Å². The molecule has 6 rings (SSSR count). The van der Waals surface area contributed by atoms with E-state index in [0.29, 0.717) is 41.1 Å². The first kappa shape index (κ1) is 33.0. The van der Waals surface area contributed by atoms with Crippen molar-refractivity contribution in [3.8, 4) is 11.4 Å². The number of aliphatic imine (C=N–C) groups is 1. The number of aromatic nitrogens is 4. The number of rotatable bonds is 10. The monoisotopic (exact) mass is 681 g/mol. The molecule has 1 aliphatic rings. The predicted octanol–water partition coefficient (Wildman–Crippen LogP) is 3.95. The number of nitrogens with one attached hydrogen (secondary N) is 2. The Kier molecular flexibility index (Phi) is 9.40. The van der Waals surface area contributed by atoms with Gasteiger partial charge in [-0.3, -0.25) is 24.1 Å². The molecule has 5 aromatic rings. The lowest BCUT2D eigenvalue weighted by Crippen LogP contribution is -2.41. The van der Waals surface area contributed by atoms with Gasteiger partial charge in [-0.15, -0.1) is 10.2 Å². The van der Waals surface area contributed by atoms with Crippen LogP contribution in [0.3, 0.4) is 0 Å². The van der Waals surface area contributed by atoms with Gasteiger partial charge in [0.1, 0.15) is 17.6 Å². The molecule has 0 saturated carbocycles. The number of carbonyl (C=O) groups excluding carboxylic acids is 2. The van der Waals surface area contributed by atoms with Crippen molar-refractivity contribution in [1.29, 1.82) is 0 Å². The first-order chi connectivity index (χ1) is 23.0. The van der Waals surface area contributed by atoms with E-state index < -0.39 is 14.4 Å². The van der Waals surface area contributed by atoms with Gasteiger partial charge in [-0.25, -0.2) is 0 Å². The number of hydrogen-bond donors (Lipinski definition) is 3. The normalized spacial score (nSPS) is 14.0. The Bertz CT molecular complexity index is 2040. The SMILES string of the molecule is COc1ccc2c(c1)C(c1ccc(Cl)cc1)=N[C@@H](CC(=O)NCC(=O)NCCc1ccc3cc([Si](C)(C)O)cnc3c1)c1nnc(C)n1-2. The summed E-state index contributed by atoms with van der Waals surface area (Å²) in [6.45, 7) is 5.80. The summed E-state index contributed by atoms with van der Waals surface area (Å²) in [4.78, 5) is 45.9. The van der Waals surface area contributed by atoms with Gasteiger partial charge in [0, 0.05) is 34.3 Å². The molecule has 0 aliphatic carbocycles. The van der Waals surface area contributed by atoms with Gasteiger partial charge < -0.3 is 20.2 Å². The van der Waals surface area contributed by atoms with E-state index in [4.69, 9.17) is 21.3 Å². The molecule has 11 nitrogen and oxygen atoms in total. The Morgan fingerprint density at radius 1 is 1.00 bits per heavy atom. The Morgan fingerprint density at radius 2 is 1.79 bits per heavy atom. The average Bonchev–Trinajstić information content (AvgIpc) is 3.39. The van der Waals surface area contributed by atoms with Crippen molar-refractivity contribution in [3.05, 3.63) is 106 Å². The van der Waals surface area contributed by atoms with Crippen molar-refractivity contribution in [3.63, 3.8) is 0 Å². The summed E-state index contributed by atoms with van der Waals surface area (Å²) in [5.74, 6) is 1.18. The maximum atomic E-state index is 13.2. The highest BCUT2D eigenvalue weighted by Gasteiger charge is 2.30. The minimum atomic E-state index is -2.44. The summed E-state index contributed by atoms with van der Waals surface area (Å²) in [6.07, 6.45) is 2.29. The van der Waals surface area contributed by atoms with Gasteiger partial charge in [0.15, 0.2) is 5.82 Å². The number of aryl methyl sites for hydroxylation is 1. The van der Waals surface area contributed by atoms with Gasteiger partial charge >= 0.3 is 0 Å². The topological polar surface area (TPSA) is 144 Å². The summed E-state index contributed by atoms with van der Waals surface area (Å²) < 4.78 is 7.43. The van der Waals surface area contributed by atoms with Crippen LogP contribution in [0, 0.1) is 6.92 Å². The highest BCUT2D eigenvalue weighted by Crippen LogP contribution is 2.34. The highest BCUT2D eigenvalue weighted by molar-refractivity contribution is 6.83. The highest BCUT2D eigenvalue weighted by atomic mass is 35.5. The molecule has 3 heterocycles. The maximum Gasteiger partial charge on any atom is 0.239 e. The second kappa shape index (κ2) is 13.7. The molecule has 0 saturated heterocycles. The van der Waals surface area contributed by atoms with Crippen molar-refractivity contribution < 1.29 is 19.1 Å². The van der Waals surface area contributed by atoms with Gasteiger partial charge in [-0.05, 0) is 79.7 Å². The molecule has 0 unspecified atom stereocenters. The van der Waals surface area contributed by atoms with Crippen LogP contribution in [0.5, 0.6) is 5.75 Å². The van der Waals surface area contributed by atoms with Crippen molar-refractivity contribution in [2.45, 2.75) is 38.9 Å². The van der Waals surface area contributed by atoms with Crippen molar-refractivity contribution in [1.82, 2.24) is 30.4 Å². The van der Waals surface area contributed by atoms with Crippen molar-refractivity contribution in [2.75, 3.05) is 20.2 Å². The number of pyridine rings is 1. The Hall–Kier alpha value is -4.91. The molecule has 0 radical (unpaired) electrons. The zero-order valence-electron chi connectivity index (χ0n) is 27.1. The molecule has 48 heavy (non-hydrogen) atoms. The number of amides is 2. The maximum absolute atomic E-state index is 13.2. The van der Waals surface area contributed by atoms with Crippen LogP contribution < -0.4 is 20.6 Å². The quantitative estimate of drug-likeness (QED) is 0.190. The third kappa shape index (κ3) is 7.15. The molecule has 0 spiro atoms. The first-order valence-corrected chi connectivity index (χ1v) is 18.9. The minimum Gasteiger partial charge on any atom is -0.497 e. The molecule has 246 valence electrons. The third-order valence-electron chi connectivity index (χ3n) is 8.27. The van der Waals surface area contributed by atoms with Crippen molar-refractivity contribution >= 4 is 53.5 Å². The summed E-state index contributed by atoms with van der Waals surface area (Å²) in [6, 6.07) is 20.3. The molecular weight excluding hydrogens is 646 g/mol. The van der Waals surface area contributed by atoms with E-state index >= 15 is 0 Å². The molecule has 0 fully saturated rings. The number of ether oxygens (including phenoxy) is 1. The van der Waals surface area contributed by atoms with Crippen LogP contribution in [0.15, 0.2) is 77.9 Å². The number of nitrogens with zero attached hydrogens (tertiary/aromatic N) is 5. The minimum absolute atomic E-state index is 0.0462. The Morgan fingerprint density at radius 3 is 2.54 bits per heavy atom. The lowest BCUT2D eigenvalue weighted by molar-refractivity contribution is -0.126. The molecule has 13 heteroatoms. The van der Waals surface area contributed by atoms with E-state index in [1.807, 2.05) is 79.2 Å². The zero-order chi connectivity index (χ0) is 34.0. The molecule has 1 aliphatic heterocycles. The second-order valence-electron chi connectivity index (χ2n) is 12.2. The molecular formula is C35H36ClN7O4Si. The molecule has 3 aromatic carbocycles. The average molecular weight is 682 g/mol. The van der Waals surface area contributed by atoms with E-state index in [1.54, 1.807) is 25.4 Å². The fourth-order valence-corrected chi connectivity index (χ4v) is 6.68. The first-order valence-electron chi connectivity index (χ1n) is 15.6. The lowest BCUT2D eigenvalue weighted by atomic mass is 10.00. The summed E-state index contributed by atoms with van der Waals surface area (Å²) in [5, 5.41) is 16.8. The standard InChI is InChI=1S/C35H36ClN7O4Si/c1-21-41-42-35-30(40-34(23-7-9-25(36)10-8-23)28-17-26(47-2)11-12-31(28)43(21)35)18-32(44)39-20-33(45)37-14-13-22-5-6-24-16-27(48(3,4)46)19-38-29(24)15-22/h5-12,15-17,19,30,46H,13-14,18,20H2,1-4H3,(H,37,45)(H,39,44)/t30-/m0/s1. The largest absolute Gasteiger partial charge is 0.497 e. The van der Waals surface area contributed by atoms with E-state index in [9.17, 15) is 14.4 Å². The molecule has 2 aromatic heterocycles. The number of fused-ring (bicyclic) bond motifs is 4. The molecule has 0 bridgehead atoms. The third-order valence-corrected chi connectivity index (χ3v) is 10.2. The van der Waals surface area contributed by atoms with Crippen LogP contribution in [-0.2, 0) is 16.0 Å². The molecule has 3 N–H and O–H groups in total. The molecule has 2 amide bonds. The van der Waals surface area contributed by atoms with Crippen LogP contribution in [0.4, 0.5) is 0 Å². The van der Waals surface area contributed by atoms with Crippen LogP contribution in [0.2, 0.25) is 18.1 Å². The van der Waals surface area contributed by atoms with E-state index in [1.165, 1.54) is 0 Å². The number of carbonyl (C=O) groups is 2. The summed E-state index contributed by atoms with van der Waals surface area (Å²) >= 11 is 6.19. The zero-order valence-corrected chi connectivity index (χ0v) is 28.9. The Balaban J connectivity index is 1.12. The van der Waals surface area contributed by atoms with Gasteiger partial charge in [0.2, 0.25) is 20.1 Å². The lowest BCUT2D eigenvalue weighted by Gasteiger charge is -2.14. The predicted molar refractivity (Wildman–Crippen MR) is 188 cm³/mol. The van der Waals surface area contributed by atoms with Gasteiger partial charge in [-0.2, -0.15) is 0 Å². The van der Waals surface area contributed by atoms with Crippen LogP contribution >= 0.6 is 11.6 Å². The Labute approximate surface area is 284 Å². The number of halogens is 1. The van der Waals surface area contributed by atoms with E-state index in [-0.39, 0.29) is 24.8 Å².